The Balaban J connectivity index is 2.03. The van der Waals surface area contributed by atoms with Crippen molar-refractivity contribution < 1.29 is 19.1 Å². The number of nitrogens with one attached hydrogen (secondary N) is 1. The average Bonchev–Trinajstić information content (AvgIpc) is 3.37. The number of aromatic nitrogens is 3. The molecule has 0 radical (unpaired) electrons. The average molecular weight is 375 g/mol. The fraction of sp³-hybridized carbons (Fsp3) is 0.0952. The molecule has 0 saturated heterocycles. The van der Waals surface area contributed by atoms with Crippen LogP contribution in [0.15, 0.2) is 60.8 Å². The number of para-hydroxylation sites is 1. The van der Waals surface area contributed by atoms with Gasteiger partial charge in [0.15, 0.2) is 5.69 Å². The van der Waals surface area contributed by atoms with Crippen LogP contribution in [0.25, 0.3) is 27.8 Å². The molecular weight excluding hydrogens is 358 g/mol. The number of fused-ring (bicyclic) bond motifs is 1. The first kappa shape index (κ1) is 17.5. The Morgan fingerprint density at radius 3 is 2.43 bits per heavy atom. The van der Waals surface area contributed by atoms with Crippen LogP contribution >= 0.6 is 0 Å². The quantitative estimate of drug-likeness (QED) is 0.551. The number of methoxy groups -OCH3 is 2. The van der Waals surface area contributed by atoms with Gasteiger partial charge < -0.3 is 14.5 Å². The molecule has 1 N–H and O–H groups in total. The van der Waals surface area contributed by atoms with Crippen LogP contribution in [0.3, 0.4) is 0 Å². The number of carbonyl (C=O) groups excluding carboxylic acids is 2. The molecule has 0 saturated carbocycles. The smallest absolute Gasteiger partial charge is 0.357 e. The Morgan fingerprint density at radius 1 is 0.964 bits per heavy atom. The van der Waals surface area contributed by atoms with Crippen LogP contribution in [-0.4, -0.2) is 40.9 Å². The molecule has 2 aromatic carbocycles. The van der Waals surface area contributed by atoms with E-state index in [0.717, 1.165) is 10.9 Å². The summed E-state index contributed by atoms with van der Waals surface area (Å²) in [5.41, 5.74) is 2.61. The summed E-state index contributed by atoms with van der Waals surface area (Å²) in [4.78, 5) is 28.3. The first-order valence-electron chi connectivity index (χ1n) is 8.56. The highest BCUT2D eigenvalue weighted by atomic mass is 16.5. The zero-order valence-corrected chi connectivity index (χ0v) is 15.3. The van der Waals surface area contributed by atoms with Crippen molar-refractivity contribution in [1.82, 2.24) is 14.8 Å². The highest BCUT2D eigenvalue weighted by molar-refractivity contribution is 6.07. The van der Waals surface area contributed by atoms with Crippen molar-refractivity contribution >= 4 is 22.8 Å². The van der Waals surface area contributed by atoms with E-state index in [1.54, 1.807) is 12.1 Å². The Bertz CT molecular complexity index is 1180. The summed E-state index contributed by atoms with van der Waals surface area (Å²) in [7, 11) is 2.53. The van der Waals surface area contributed by atoms with Gasteiger partial charge in [-0.15, -0.1) is 0 Å². The molecule has 7 heteroatoms. The van der Waals surface area contributed by atoms with E-state index in [9.17, 15) is 9.59 Å². The second-order valence-corrected chi connectivity index (χ2v) is 6.08. The molecule has 4 rings (SSSR count). The van der Waals surface area contributed by atoms with Crippen LogP contribution in [0, 0.1) is 0 Å². The first-order valence-corrected chi connectivity index (χ1v) is 8.56. The first-order chi connectivity index (χ1) is 13.6. The maximum Gasteiger partial charge on any atom is 0.357 e. The number of benzene rings is 2. The molecule has 2 aromatic heterocycles. The fourth-order valence-electron chi connectivity index (χ4n) is 3.15. The van der Waals surface area contributed by atoms with Crippen molar-refractivity contribution in [2.45, 2.75) is 0 Å². The van der Waals surface area contributed by atoms with E-state index >= 15 is 0 Å². The fourth-order valence-corrected chi connectivity index (χ4v) is 3.15. The minimum atomic E-state index is -0.677. The number of nitrogens with zero attached hydrogens (tertiary/aromatic N) is 2. The second-order valence-electron chi connectivity index (χ2n) is 6.08. The number of rotatable bonds is 4. The number of aromatic amines is 1. The Kier molecular flexibility index (Phi) is 4.41. The Labute approximate surface area is 160 Å². The van der Waals surface area contributed by atoms with Crippen LogP contribution in [0.5, 0.6) is 0 Å². The lowest BCUT2D eigenvalue weighted by atomic mass is 10.0. The highest BCUT2D eigenvalue weighted by Gasteiger charge is 2.31. The van der Waals surface area contributed by atoms with Crippen molar-refractivity contribution in [1.29, 1.82) is 0 Å². The molecule has 7 nitrogen and oxygen atoms in total. The van der Waals surface area contributed by atoms with Crippen LogP contribution in [0.2, 0.25) is 0 Å². The van der Waals surface area contributed by atoms with Gasteiger partial charge in [-0.25, -0.2) is 14.3 Å². The Morgan fingerprint density at radius 2 is 1.71 bits per heavy atom. The number of H-pyrrole nitrogens is 1. The summed E-state index contributed by atoms with van der Waals surface area (Å²) >= 11 is 0. The lowest BCUT2D eigenvalue weighted by molar-refractivity contribution is 0.0549. The molecule has 2 heterocycles. The number of hydrogen-bond donors (Lipinski definition) is 1. The third kappa shape index (κ3) is 2.83. The molecule has 140 valence electrons. The van der Waals surface area contributed by atoms with Crippen molar-refractivity contribution in [3.05, 3.63) is 72.1 Å². The number of esters is 2. The second kappa shape index (κ2) is 7.03. The number of hydrogen-bond acceptors (Lipinski definition) is 5. The van der Waals surface area contributed by atoms with E-state index in [2.05, 4.69) is 10.1 Å². The summed E-state index contributed by atoms with van der Waals surface area (Å²) in [6.45, 7) is 0. The number of carbonyl (C=O) groups is 2. The third-order valence-corrected chi connectivity index (χ3v) is 4.48. The topological polar surface area (TPSA) is 86.2 Å². The van der Waals surface area contributed by atoms with Crippen LogP contribution in [0.4, 0.5) is 0 Å². The molecule has 0 aliphatic heterocycles. The van der Waals surface area contributed by atoms with Gasteiger partial charge in [-0.2, -0.15) is 5.10 Å². The molecule has 0 bridgehead atoms. The predicted octanol–water partition coefficient (Wildman–Crippen LogP) is 3.59. The van der Waals surface area contributed by atoms with E-state index < -0.39 is 11.9 Å². The molecule has 0 unspecified atom stereocenters. The monoisotopic (exact) mass is 375 g/mol. The molecule has 0 atom stereocenters. The van der Waals surface area contributed by atoms with E-state index in [1.165, 1.54) is 18.9 Å². The van der Waals surface area contributed by atoms with Gasteiger partial charge in [-0.1, -0.05) is 30.3 Å². The van der Waals surface area contributed by atoms with Gasteiger partial charge >= 0.3 is 11.9 Å². The van der Waals surface area contributed by atoms with E-state index in [4.69, 9.17) is 9.47 Å². The van der Waals surface area contributed by atoms with Crippen molar-refractivity contribution in [2.75, 3.05) is 14.2 Å². The standard InChI is InChI=1S/C21H17N3O4/c1-27-20(25)17-18(14-9-8-13-10-11-22-16(13)12-14)23-24(19(17)21(26)28-2)15-6-4-3-5-7-15/h3-12,22H,1-2H3. The molecule has 28 heavy (non-hydrogen) atoms. The van der Waals surface area contributed by atoms with Crippen molar-refractivity contribution in [2.24, 2.45) is 0 Å². The normalized spacial score (nSPS) is 10.8. The predicted molar refractivity (Wildman–Crippen MR) is 104 cm³/mol. The lowest BCUT2D eigenvalue weighted by Gasteiger charge is -2.07. The summed E-state index contributed by atoms with van der Waals surface area (Å²) in [6.07, 6.45) is 1.83. The molecular formula is C21H17N3O4. The minimum Gasteiger partial charge on any atom is -0.465 e. The van der Waals surface area contributed by atoms with E-state index in [-0.39, 0.29) is 11.3 Å². The molecule has 4 aromatic rings. The summed E-state index contributed by atoms with van der Waals surface area (Å²) < 4.78 is 11.3. The van der Waals surface area contributed by atoms with Gasteiger partial charge in [0.1, 0.15) is 11.3 Å². The van der Waals surface area contributed by atoms with Gasteiger partial charge in [-0.3, -0.25) is 0 Å². The van der Waals surface area contributed by atoms with Gasteiger partial charge in [0.05, 0.1) is 19.9 Å². The Hall–Kier alpha value is -3.87. The maximum atomic E-state index is 12.6. The molecule has 0 spiro atoms. The van der Waals surface area contributed by atoms with Crippen molar-refractivity contribution in [3.63, 3.8) is 0 Å². The SMILES string of the molecule is COC(=O)c1c(-c2ccc3cc[nH]c3c2)nn(-c2ccccc2)c1C(=O)OC. The summed E-state index contributed by atoms with van der Waals surface area (Å²) in [6, 6.07) is 16.7. The zero-order chi connectivity index (χ0) is 19.7. The van der Waals surface area contributed by atoms with Gasteiger partial charge in [0.25, 0.3) is 0 Å². The van der Waals surface area contributed by atoms with Gasteiger partial charge in [0.2, 0.25) is 0 Å². The van der Waals surface area contributed by atoms with Gasteiger partial charge in [0, 0.05) is 17.3 Å². The minimum absolute atomic E-state index is 0.0159. The van der Waals surface area contributed by atoms with Crippen molar-refractivity contribution in [3.8, 4) is 16.9 Å². The zero-order valence-electron chi connectivity index (χ0n) is 15.3. The van der Waals surface area contributed by atoms with Crippen LogP contribution < -0.4 is 0 Å². The maximum absolute atomic E-state index is 12.6. The summed E-state index contributed by atoms with van der Waals surface area (Å²) in [5, 5.41) is 5.61. The molecule has 0 aliphatic carbocycles. The van der Waals surface area contributed by atoms with Crippen LogP contribution in [0.1, 0.15) is 20.8 Å². The summed E-state index contributed by atoms with van der Waals surface area (Å²) in [5.74, 6) is -1.34. The highest BCUT2D eigenvalue weighted by Crippen LogP contribution is 2.30. The lowest BCUT2D eigenvalue weighted by Crippen LogP contribution is -2.15. The molecule has 0 aliphatic rings. The third-order valence-electron chi connectivity index (χ3n) is 4.48. The van der Waals surface area contributed by atoms with E-state index in [0.29, 0.717) is 16.9 Å². The van der Waals surface area contributed by atoms with Crippen LogP contribution in [-0.2, 0) is 9.47 Å². The van der Waals surface area contributed by atoms with E-state index in [1.807, 2.05) is 48.7 Å². The van der Waals surface area contributed by atoms with Gasteiger partial charge in [-0.05, 0) is 29.7 Å². The number of ether oxygens (including phenoxy) is 2. The molecule has 0 amide bonds. The largest absolute Gasteiger partial charge is 0.465 e. The molecule has 0 fully saturated rings.